The number of carbonyl (C=O) groups is 3. The van der Waals surface area contributed by atoms with Gasteiger partial charge in [-0.15, -0.1) is 0 Å². The lowest BCUT2D eigenvalue weighted by molar-refractivity contribution is -0.127. The predicted molar refractivity (Wildman–Crippen MR) is 113 cm³/mol. The molecule has 0 unspecified atom stereocenters. The van der Waals surface area contributed by atoms with Crippen LogP contribution in [0.15, 0.2) is 65.3 Å². The van der Waals surface area contributed by atoms with Gasteiger partial charge in [-0.05, 0) is 51.8 Å². The summed E-state index contributed by atoms with van der Waals surface area (Å²) in [5.74, 6) is -1.37. The fraction of sp³-hybridized carbons (Fsp3) is 0.0952. The van der Waals surface area contributed by atoms with E-state index < -0.39 is 30.2 Å². The molecule has 7 nitrogen and oxygen atoms in total. The van der Waals surface area contributed by atoms with Crippen molar-refractivity contribution in [3.8, 4) is 5.75 Å². The van der Waals surface area contributed by atoms with Gasteiger partial charge in [0.25, 0.3) is 5.91 Å². The Kier molecular flexibility index (Phi) is 6.63. The lowest BCUT2D eigenvalue weighted by atomic mass is 10.2. The lowest BCUT2D eigenvalue weighted by Gasteiger charge is -2.12. The number of nitrogens with zero attached hydrogens (tertiary/aromatic N) is 1. The van der Waals surface area contributed by atoms with Crippen LogP contribution in [-0.2, 0) is 9.59 Å². The number of imide groups is 1. The molecule has 2 aromatic rings. The van der Waals surface area contributed by atoms with Crippen LogP contribution in [0, 0.1) is 5.82 Å². The summed E-state index contributed by atoms with van der Waals surface area (Å²) in [5.41, 5.74) is 0.619. The summed E-state index contributed by atoms with van der Waals surface area (Å²) in [6.07, 6.45) is 3.10. The average Bonchev–Trinajstić information content (AvgIpc) is 2.96. The molecule has 4 amide bonds. The first kappa shape index (κ1) is 21.3. The quantitative estimate of drug-likeness (QED) is 0.364. The van der Waals surface area contributed by atoms with Gasteiger partial charge in [0, 0.05) is 0 Å². The highest BCUT2D eigenvalue weighted by Gasteiger charge is 2.35. The Morgan fingerprint density at radius 2 is 2.03 bits per heavy atom. The normalized spacial score (nSPS) is 14.6. The standard InChI is InChI=1S/C21H17BrFN3O4/c1-2-9-30-18-8-7-13(10-14(18)22)11-17-20(28)26(21(29)25-17)12-19(27)24-16-6-4-3-5-15(16)23/h2-8,10-11H,1,9,12H2,(H,24,27)(H,25,29)/b17-11+. The van der Waals surface area contributed by atoms with E-state index in [2.05, 4.69) is 33.1 Å². The number of nitrogens with one attached hydrogen (secondary N) is 2. The monoisotopic (exact) mass is 473 g/mol. The van der Waals surface area contributed by atoms with E-state index in [1.165, 1.54) is 24.3 Å². The van der Waals surface area contributed by atoms with E-state index in [4.69, 9.17) is 4.74 Å². The van der Waals surface area contributed by atoms with E-state index in [1.807, 2.05) is 0 Å². The van der Waals surface area contributed by atoms with E-state index in [0.717, 1.165) is 4.90 Å². The van der Waals surface area contributed by atoms with Crippen molar-refractivity contribution < 1.29 is 23.5 Å². The zero-order valence-corrected chi connectivity index (χ0v) is 17.2. The molecule has 1 aliphatic heterocycles. The van der Waals surface area contributed by atoms with Gasteiger partial charge in [0.15, 0.2) is 0 Å². The molecule has 0 atom stereocenters. The SMILES string of the molecule is C=CCOc1ccc(/C=C2/NC(=O)N(CC(=O)Nc3ccccc3F)C2=O)cc1Br. The van der Waals surface area contributed by atoms with E-state index >= 15 is 0 Å². The molecule has 1 saturated heterocycles. The van der Waals surface area contributed by atoms with Gasteiger partial charge in [0.2, 0.25) is 5.91 Å². The Balaban J connectivity index is 1.69. The van der Waals surface area contributed by atoms with Crippen molar-refractivity contribution in [2.24, 2.45) is 0 Å². The van der Waals surface area contributed by atoms with Gasteiger partial charge >= 0.3 is 6.03 Å². The highest BCUT2D eigenvalue weighted by Crippen LogP contribution is 2.27. The summed E-state index contributed by atoms with van der Waals surface area (Å²) >= 11 is 3.38. The lowest BCUT2D eigenvalue weighted by Crippen LogP contribution is -2.38. The molecule has 0 spiro atoms. The molecule has 1 aliphatic rings. The first-order valence-corrected chi connectivity index (χ1v) is 9.60. The van der Waals surface area contributed by atoms with Gasteiger partial charge in [-0.25, -0.2) is 14.1 Å². The van der Waals surface area contributed by atoms with Gasteiger partial charge in [0.1, 0.15) is 30.4 Å². The minimum Gasteiger partial charge on any atom is -0.488 e. The van der Waals surface area contributed by atoms with Gasteiger partial charge in [-0.2, -0.15) is 0 Å². The molecule has 2 N–H and O–H groups in total. The number of anilines is 1. The maximum Gasteiger partial charge on any atom is 0.329 e. The second-order valence-corrected chi connectivity index (χ2v) is 7.05. The first-order valence-electron chi connectivity index (χ1n) is 8.81. The number of carbonyl (C=O) groups excluding carboxylic acids is 3. The Labute approximate surface area is 180 Å². The Bertz CT molecular complexity index is 1050. The summed E-state index contributed by atoms with van der Waals surface area (Å²) in [6.45, 7) is 3.38. The fourth-order valence-electron chi connectivity index (χ4n) is 2.65. The number of rotatable bonds is 7. The molecule has 2 aromatic carbocycles. The highest BCUT2D eigenvalue weighted by atomic mass is 79.9. The van der Waals surface area contributed by atoms with Gasteiger partial charge < -0.3 is 15.4 Å². The van der Waals surface area contributed by atoms with Crippen LogP contribution >= 0.6 is 15.9 Å². The number of benzene rings is 2. The van der Waals surface area contributed by atoms with Crippen LogP contribution in [0.3, 0.4) is 0 Å². The van der Waals surface area contributed by atoms with Crippen LogP contribution in [-0.4, -0.2) is 35.9 Å². The number of urea groups is 1. The fourth-order valence-corrected chi connectivity index (χ4v) is 3.16. The van der Waals surface area contributed by atoms with E-state index in [9.17, 15) is 18.8 Å². The Hall–Kier alpha value is -3.46. The summed E-state index contributed by atoms with van der Waals surface area (Å²) in [7, 11) is 0. The molecule has 3 rings (SSSR count). The van der Waals surface area contributed by atoms with Crippen molar-refractivity contribution in [2.75, 3.05) is 18.5 Å². The molecule has 0 radical (unpaired) electrons. The average molecular weight is 474 g/mol. The third-order valence-electron chi connectivity index (χ3n) is 4.04. The summed E-state index contributed by atoms with van der Waals surface area (Å²) in [4.78, 5) is 37.6. The summed E-state index contributed by atoms with van der Waals surface area (Å²) < 4.78 is 19.8. The van der Waals surface area contributed by atoms with Gasteiger partial charge in [0.05, 0.1) is 10.2 Å². The molecule has 0 bridgehead atoms. The summed E-state index contributed by atoms with van der Waals surface area (Å²) in [5, 5.41) is 4.77. The number of amides is 4. The molecule has 30 heavy (non-hydrogen) atoms. The van der Waals surface area contributed by atoms with Crippen molar-refractivity contribution >= 4 is 45.5 Å². The second-order valence-electron chi connectivity index (χ2n) is 6.20. The van der Waals surface area contributed by atoms with Crippen LogP contribution < -0.4 is 15.4 Å². The third-order valence-corrected chi connectivity index (χ3v) is 4.66. The van der Waals surface area contributed by atoms with Crippen molar-refractivity contribution in [2.45, 2.75) is 0 Å². The van der Waals surface area contributed by atoms with E-state index in [-0.39, 0.29) is 11.4 Å². The van der Waals surface area contributed by atoms with Crippen molar-refractivity contribution in [3.05, 3.63) is 76.7 Å². The van der Waals surface area contributed by atoms with Gasteiger partial charge in [-0.1, -0.05) is 30.9 Å². The van der Waals surface area contributed by atoms with Crippen LogP contribution in [0.2, 0.25) is 0 Å². The minimum atomic E-state index is -0.736. The molecule has 9 heteroatoms. The molecule has 1 fully saturated rings. The van der Waals surface area contributed by atoms with Gasteiger partial charge in [-0.3, -0.25) is 9.59 Å². The number of hydrogen-bond acceptors (Lipinski definition) is 4. The first-order chi connectivity index (χ1) is 14.4. The smallest absolute Gasteiger partial charge is 0.329 e. The maximum atomic E-state index is 13.6. The Morgan fingerprint density at radius 3 is 2.73 bits per heavy atom. The molecular weight excluding hydrogens is 457 g/mol. The molecule has 154 valence electrons. The predicted octanol–water partition coefficient (Wildman–Crippen LogP) is 3.68. The largest absolute Gasteiger partial charge is 0.488 e. The zero-order valence-electron chi connectivity index (χ0n) is 15.7. The van der Waals surface area contributed by atoms with Crippen molar-refractivity contribution in [1.29, 1.82) is 0 Å². The molecule has 0 aromatic heterocycles. The number of hydrogen-bond donors (Lipinski definition) is 2. The number of halogens is 2. The zero-order chi connectivity index (χ0) is 21.7. The van der Waals surface area contributed by atoms with Crippen LogP contribution in [0.25, 0.3) is 6.08 Å². The van der Waals surface area contributed by atoms with Crippen LogP contribution in [0.1, 0.15) is 5.56 Å². The highest BCUT2D eigenvalue weighted by molar-refractivity contribution is 9.10. The molecule has 0 saturated carbocycles. The van der Waals surface area contributed by atoms with Crippen LogP contribution in [0.4, 0.5) is 14.9 Å². The van der Waals surface area contributed by atoms with Crippen molar-refractivity contribution in [1.82, 2.24) is 10.2 Å². The maximum absolute atomic E-state index is 13.6. The second kappa shape index (κ2) is 9.36. The third kappa shape index (κ3) is 4.93. The van der Waals surface area contributed by atoms with E-state index in [1.54, 1.807) is 30.3 Å². The van der Waals surface area contributed by atoms with Crippen molar-refractivity contribution in [3.63, 3.8) is 0 Å². The molecular formula is C21H17BrFN3O4. The number of ether oxygens (including phenoxy) is 1. The molecule has 1 heterocycles. The number of para-hydroxylation sites is 1. The Morgan fingerprint density at radius 1 is 1.27 bits per heavy atom. The molecule has 0 aliphatic carbocycles. The van der Waals surface area contributed by atoms with E-state index in [0.29, 0.717) is 22.4 Å². The topological polar surface area (TPSA) is 87.7 Å². The van der Waals surface area contributed by atoms with Crippen LogP contribution in [0.5, 0.6) is 5.75 Å². The minimum absolute atomic E-state index is 0.0188. The summed E-state index contributed by atoms with van der Waals surface area (Å²) in [6, 6.07) is 10.0.